The van der Waals surface area contributed by atoms with Crippen molar-refractivity contribution in [2.24, 2.45) is 5.92 Å². The van der Waals surface area contributed by atoms with Crippen molar-refractivity contribution in [1.82, 2.24) is 0 Å². The van der Waals surface area contributed by atoms with Gasteiger partial charge in [-0.25, -0.2) is 0 Å². The summed E-state index contributed by atoms with van der Waals surface area (Å²) in [7, 11) is 0. The van der Waals surface area contributed by atoms with Crippen molar-refractivity contribution in [3.05, 3.63) is 6.42 Å². The maximum Gasteiger partial charge on any atom is 0.0701 e. The SMILES string of the molecule is C[CH]C(C)COCCOCCO. The summed E-state index contributed by atoms with van der Waals surface area (Å²) >= 11 is 0. The summed E-state index contributed by atoms with van der Waals surface area (Å²) in [6.07, 6.45) is 2.11. The first-order valence-electron chi connectivity index (χ1n) is 4.37. The first-order valence-corrected chi connectivity index (χ1v) is 4.37. The lowest BCUT2D eigenvalue weighted by Gasteiger charge is -2.08. The smallest absolute Gasteiger partial charge is 0.0701 e. The Bertz CT molecular complexity index is 85.8. The molecule has 0 aliphatic carbocycles. The molecule has 1 N–H and O–H groups in total. The Labute approximate surface area is 74.7 Å². The fourth-order valence-corrected chi connectivity index (χ4v) is 0.650. The minimum absolute atomic E-state index is 0.0825. The number of rotatable bonds is 8. The van der Waals surface area contributed by atoms with E-state index < -0.39 is 0 Å². The van der Waals surface area contributed by atoms with Gasteiger partial charge >= 0.3 is 0 Å². The molecule has 0 aliphatic rings. The van der Waals surface area contributed by atoms with E-state index in [1.54, 1.807) is 0 Å². The quantitative estimate of drug-likeness (QED) is 0.556. The highest BCUT2D eigenvalue weighted by Crippen LogP contribution is 1.98. The standard InChI is InChI=1S/C9H19O3/c1-3-9(2)8-12-7-6-11-5-4-10/h3,9-10H,4-8H2,1-2H3. The molecular formula is C9H19O3. The summed E-state index contributed by atoms with van der Waals surface area (Å²) in [5.41, 5.74) is 0. The van der Waals surface area contributed by atoms with Gasteiger partial charge in [-0.15, -0.1) is 0 Å². The van der Waals surface area contributed by atoms with Gasteiger partial charge < -0.3 is 14.6 Å². The summed E-state index contributed by atoms with van der Waals surface area (Å²) in [5.74, 6) is 0.503. The minimum atomic E-state index is 0.0825. The van der Waals surface area contributed by atoms with E-state index in [1.807, 2.05) is 6.92 Å². The van der Waals surface area contributed by atoms with Crippen molar-refractivity contribution < 1.29 is 14.6 Å². The molecule has 1 radical (unpaired) electrons. The second-order valence-corrected chi connectivity index (χ2v) is 2.72. The molecule has 73 valence electrons. The molecule has 3 nitrogen and oxygen atoms in total. The molecule has 0 amide bonds. The monoisotopic (exact) mass is 175 g/mol. The molecule has 3 heteroatoms. The Kier molecular flexibility index (Phi) is 8.88. The molecule has 0 aromatic rings. The Morgan fingerprint density at radius 2 is 1.92 bits per heavy atom. The lowest BCUT2D eigenvalue weighted by molar-refractivity contribution is 0.0266. The third kappa shape index (κ3) is 7.98. The molecule has 1 atom stereocenters. The number of aliphatic hydroxyl groups is 1. The number of ether oxygens (including phenoxy) is 2. The van der Waals surface area contributed by atoms with Crippen LogP contribution in [0.3, 0.4) is 0 Å². The van der Waals surface area contributed by atoms with Crippen LogP contribution in [0, 0.1) is 12.3 Å². The Morgan fingerprint density at radius 1 is 1.25 bits per heavy atom. The predicted octanol–water partition coefficient (Wildman–Crippen LogP) is 0.872. The summed E-state index contributed by atoms with van der Waals surface area (Å²) in [4.78, 5) is 0. The second kappa shape index (κ2) is 8.97. The molecule has 0 fully saturated rings. The zero-order chi connectivity index (χ0) is 9.23. The van der Waals surface area contributed by atoms with Crippen molar-refractivity contribution in [3.63, 3.8) is 0 Å². The average molecular weight is 175 g/mol. The van der Waals surface area contributed by atoms with Gasteiger partial charge in [0.2, 0.25) is 0 Å². The van der Waals surface area contributed by atoms with E-state index >= 15 is 0 Å². The number of aliphatic hydroxyl groups excluding tert-OH is 1. The Balaban J connectivity index is 2.90. The van der Waals surface area contributed by atoms with Crippen molar-refractivity contribution >= 4 is 0 Å². The molecule has 0 aliphatic heterocycles. The lowest BCUT2D eigenvalue weighted by Crippen LogP contribution is -2.11. The van der Waals surface area contributed by atoms with Crippen LogP contribution in [0.25, 0.3) is 0 Å². The van der Waals surface area contributed by atoms with E-state index in [1.165, 1.54) is 0 Å². The van der Waals surface area contributed by atoms with Crippen LogP contribution in [-0.4, -0.2) is 38.1 Å². The van der Waals surface area contributed by atoms with Gasteiger partial charge in [0.05, 0.1) is 26.4 Å². The van der Waals surface area contributed by atoms with Crippen molar-refractivity contribution in [3.8, 4) is 0 Å². The second-order valence-electron chi connectivity index (χ2n) is 2.72. The van der Waals surface area contributed by atoms with E-state index in [0.29, 0.717) is 25.7 Å². The average Bonchev–Trinajstić information content (AvgIpc) is 2.10. The summed E-state index contributed by atoms with van der Waals surface area (Å²) in [6.45, 7) is 6.54. The first kappa shape index (κ1) is 11.9. The molecule has 0 heterocycles. The van der Waals surface area contributed by atoms with Gasteiger partial charge in [0.25, 0.3) is 0 Å². The van der Waals surface area contributed by atoms with Crippen LogP contribution in [0.4, 0.5) is 0 Å². The topological polar surface area (TPSA) is 38.7 Å². The van der Waals surface area contributed by atoms with Gasteiger partial charge in [0.1, 0.15) is 0 Å². The largest absolute Gasteiger partial charge is 0.394 e. The normalized spacial score (nSPS) is 13.2. The lowest BCUT2D eigenvalue weighted by atomic mass is 10.1. The van der Waals surface area contributed by atoms with Crippen LogP contribution in [0.15, 0.2) is 0 Å². The van der Waals surface area contributed by atoms with Crippen LogP contribution >= 0.6 is 0 Å². The van der Waals surface area contributed by atoms with Crippen LogP contribution in [0.2, 0.25) is 0 Å². The van der Waals surface area contributed by atoms with E-state index in [0.717, 1.165) is 6.61 Å². The van der Waals surface area contributed by atoms with Gasteiger partial charge in [-0.3, -0.25) is 0 Å². The van der Waals surface area contributed by atoms with Crippen LogP contribution < -0.4 is 0 Å². The molecule has 0 saturated heterocycles. The van der Waals surface area contributed by atoms with E-state index in [-0.39, 0.29) is 6.61 Å². The zero-order valence-electron chi connectivity index (χ0n) is 7.95. The molecule has 0 rings (SSSR count). The van der Waals surface area contributed by atoms with E-state index in [4.69, 9.17) is 14.6 Å². The van der Waals surface area contributed by atoms with Gasteiger partial charge in [-0.1, -0.05) is 13.8 Å². The van der Waals surface area contributed by atoms with Gasteiger partial charge in [0, 0.05) is 6.61 Å². The first-order chi connectivity index (χ1) is 5.81. The summed E-state index contributed by atoms with van der Waals surface area (Å²) in [5, 5.41) is 8.38. The van der Waals surface area contributed by atoms with E-state index in [9.17, 15) is 0 Å². The zero-order valence-corrected chi connectivity index (χ0v) is 7.95. The van der Waals surface area contributed by atoms with Crippen LogP contribution in [-0.2, 0) is 9.47 Å². The van der Waals surface area contributed by atoms with Gasteiger partial charge in [-0.05, 0) is 12.3 Å². The fourth-order valence-electron chi connectivity index (χ4n) is 0.650. The third-order valence-electron chi connectivity index (χ3n) is 1.56. The third-order valence-corrected chi connectivity index (χ3v) is 1.56. The van der Waals surface area contributed by atoms with Crippen LogP contribution in [0.1, 0.15) is 13.8 Å². The van der Waals surface area contributed by atoms with Crippen molar-refractivity contribution in [2.45, 2.75) is 13.8 Å². The van der Waals surface area contributed by atoms with E-state index in [2.05, 4.69) is 13.3 Å². The molecule has 12 heavy (non-hydrogen) atoms. The summed E-state index contributed by atoms with van der Waals surface area (Å²) < 4.78 is 10.3. The van der Waals surface area contributed by atoms with Crippen molar-refractivity contribution in [1.29, 1.82) is 0 Å². The number of hydrogen-bond donors (Lipinski definition) is 1. The summed E-state index contributed by atoms with van der Waals surface area (Å²) in [6, 6.07) is 0. The fraction of sp³-hybridized carbons (Fsp3) is 0.889. The highest BCUT2D eigenvalue weighted by Gasteiger charge is 1.97. The Hall–Kier alpha value is -0.120. The Morgan fingerprint density at radius 3 is 2.50 bits per heavy atom. The maximum atomic E-state index is 8.38. The molecule has 0 spiro atoms. The molecular weight excluding hydrogens is 156 g/mol. The van der Waals surface area contributed by atoms with Gasteiger partial charge in [0.15, 0.2) is 0 Å². The highest BCUT2D eigenvalue weighted by molar-refractivity contribution is 4.64. The highest BCUT2D eigenvalue weighted by atomic mass is 16.5. The molecule has 0 saturated carbocycles. The van der Waals surface area contributed by atoms with Crippen LogP contribution in [0.5, 0.6) is 0 Å². The van der Waals surface area contributed by atoms with Crippen molar-refractivity contribution in [2.75, 3.05) is 33.0 Å². The molecule has 0 bridgehead atoms. The molecule has 0 aromatic carbocycles. The minimum Gasteiger partial charge on any atom is -0.394 e. The predicted molar refractivity (Wildman–Crippen MR) is 47.9 cm³/mol. The molecule has 1 unspecified atom stereocenters. The molecule has 0 aromatic heterocycles. The van der Waals surface area contributed by atoms with Gasteiger partial charge in [-0.2, -0.15) is 0 Å². The number of hydrogen-bond acceptors (Lipinski definition) is 3. The maximum absolute atomic E-state index is 8.38.